The summed E-state index contributed by atoms with van der Waals surface area (Å²) in [5.41, 5.74) is -9.18. The normalized spacial score (nSPS) is 12.2. The third-order valence-electron chi connectivity index (χ3n) is 4.49. The minimum Gasteiger partial charge on any atom is -0.493 e. The van der Waals surface area contributed by atoms with Crippen LogP contribution in [0.2, 0.25) is 0 Å². The van der Waals surface area contributed by atoms with Crippen molar-refractivity contribution in [2.45, 2.75) is 16.6 Å². The van der Waals surface area contributed by atoms with Gasteiger partial charge in [-0.3, -0.25) is 9.78 Å². The molecule has 0 saturated carbocycles. The van der Waals surface area contributed by atoms with Gasteiger partial charge in [-0.1, -0.05) is 0 Å². The summed E-state index contributed by atoms with van der Waals surface area (Å²) in [4.78, 5) is 14.3. The second kappa shape index (κ2) is 9.64. The number of hydrogen-bond donors (Lipinski definition) is 1. The molecule has 0 saturated heterocycles. The minimum atomic E-state index is -6.46. The highest BCUT2D eigenvalue weighted by Crippen LogP contribution is 2.46. The van der Waals surface area contributed by atoms with E-state index in [-0.39, 0.29) is 17.7 Å². The van der Waals surface area contributed by atoms with Gasteiger partial charge in [-0.2, -0.15) is 26.3 Å². The second-order valence-corrected chi connectivity index (χ2v) is 8.80. The van der Waals surface area contributed by atoms with Crippen molar-refractivity contribution in [3.63, 3.8) is 0 Å². The van der Waals surface area contributed by atoms with Crippen LogP contribution in [-0.2, 0) is 16.0 Å². The van der Waals surface area contributed by atoms with Crippen LogP contribution in [0.5, 0.6) is 17.2 Å². The molecule has 7 nitrogen and oxygen atoms in total. The molecule has 36 heavy (non-hydrogen) atoms. The van der Waals surface area contributed by atoms with Gasteiger partial charge >= 0.3 is 11.7 Å². The number of carbonyl (C=O) groups is 1. The first-order valence-corrected chi connectivity index (χ1v) is 10.9. The Hall–Kier alpha value is -3.88. The van der Waals surface area contributed by atoms with Gasteiger partial charge in [0.05, 0.1) is 23.9 Å². The number of sulfone groups is 1. The fraction of sp³-hybridized carbons (Fsp3) is 0.143. The van der Waals surface area contributed by atoms with E-state index in [0.717, 1.165) is 31.5 Å². The number of benzene rings is 2. The molecular weight excluding hydrogens is 525 g/mol. The number of nitrogens with zero attached hydrogens (tertiary/aromatic N) is 1. The van der Waals surface area contributed by atoms with Crippen LogP contribution in [0, 0.1) is 5.82 Å². The topological polar surface area (TPSA) is 94.6 Å². The number of hydrogen-bond acceptors (Lipinski definition) is 6. The van der Waals surface area contributed by atoms with Crippen LogP contribution in [-0.4, -0.2) is 31.9 Å². The lowest BCUT2D eigenvalue weighted by atomic mass is 10.1. The molecule has 1 heterocycles. The summed E-state index contributed by atoms with van der Waals surface area (Å²) in [7, 11) is -5.44. The number of methoxy groups -OCH3 is 1. The molecule has 0 aliphatic rings. The van der Waals surface area contributed by atoms with E-state index in [1.807, 2.05) is 5.32 Å². The molecule has 0 spiro atoms. The van der Waals surface area contributed by atoms with E-state index in [2.05, 4.69) is 4.98 Å². The Morgan fingerprint density at radius 2 is 1.69 bits per heavy atom. The van der Waals surface area contributed by atoms with Crippen molar-refractivity contribution in [2.24, 2.45) is 0 Å². The van der Waals surface area contributed by atoms with Crippen molar-refractivity contribution in [2.75, 3.05) is 12.4 Å². The molecule has 1 N–H and O–H groups in total. The zero-order valence-electron chi connectivity index (χ0n) is 17.7. The fourth-order valence-electron chi connectivity index (χ4n) is 2.82. The Labute approximate surface area is 198 Å². The van der Waals surface area contributed by atoms with Gasteiger partial charge < -0.3 is 14.8 Å². The number of nitrogens with one attached hydrogen (secondary N) is 1. The number of pyridine rings is 1. The first-order valence-electron chi connectivity index (χ1n) is 9.44. The van der Waals surface area contributed by atoms with E-state index in [0.29, 0.717) is 0 Å². The molecule has 0 unspecified atom stereocenters. The predicted octanol–water partition coefficient (Wildman–Crippen LogP) is 5.59. The largest absolute Gasteiger partial charge is 0.502 e. The maximum atomic E-state index is 13.6. The van der Waals surface area contributed by atoms with Crippen molar-refractivity contribution < 1.29 is 53.4 Å². The molecular formula is C21H13F7N2O5S. The zero-order chi connectivity index (χ0) is 26.9. The number of halogens is 7. The van der Waals surface area contributed by atoms with E-state index in [4.69, 9.17) is 9.47 Å². The van der Waals surface area contributed by atoms with Crippen molar-refractivity contribution in [1.82, 2.24) is 4.98 Å². The van der Waals surface area contributed by atoms with Crippen LogP contribution >= 0.6 is 0 Å². The van der Waals surface area contributed by atoms with Crippen molar-refractivity contribution in [3.8, 4) is 17.2 Å². The maximum Gasteiger partial charge on any atom is 0.502 e. The Balaban J connectivity index is 2.32. The van der Waals surface area contributed by atoms with Crippen LogP contribution in [0.1, 0.15) is 15.9 Å². The number of aromatic nitrogens is 1. The highest BCUT2D eigenvalue weighted by atomic mass is 32.2. The Kier molecular flexibility index (Phi) is 7.15. The number of anilines is 1. The van der Waals surface area contributed by atoms with E-state index in [1.165, 1.54) is 18.3 Å². The molecule has 0 aliphatic heterocycles. The summed E-state index contributed by atoms with van der Waals surface area (Å²) in [5, 5.41) is 1.92. The van der Waals surface area contributed by atoms with E-state index in [1.54, 1.807) is 0 Å². The van der Waals surface area contributed by atoms with Crippen LogP contribution in [0.3, 0.4) is 0 Å². The molecule has 3 aromatic rings. The monoisotopic (exact) mass is 538 g/mol. The smallest absolute Gasteiger partial charge is 0.493 e. The average Bonchev–Trinajstić information content (AvgIpc) is 2.79. The van der Waals surface area contributed by atoms with Gasteiger partial charge in [-0.05, 0) is 36.4 Å². The van der Waals surface area contributed by atoms with Gasteiger partial charge in [-0.15, -0.1) is 0 Å². The first-order chi connectivity index (χ1) is 16.6. The molecule has 192 valence electrons. The lowest BCUT2D eigenvalue weighted by molar-refractivity contribution is -0.137. The molecule has 1 amide bonds. The Morgan fingerprint density at radius 3 is 2.25 bits per heavy atom. The highest BCUT2D eigenvalue weighted by molar-refractivity contribution is 7.92. The van der Waals surface area contributed by atoms with Gasteiger partial charge in [0, 0.05) is 18.5 Å². The second-order valence-electron chi connectivity index (χ2n) is 6.89. The molecule has 2 aromatic carbocycles. The number of carbonyl (C=O) groups excluding carboxylic acids is 1. The molecule has 15 heteroatoms. The van der Waals surface area contributed by atoms with Crippen molar-refractivity contribution in [1.29, 1.82) is 0 Å². The van der Waals surface area contributed by atoms with Gasteiger partial charge in [0.25, 0.3) is 15.7 Å². The summed E-state index contributed by atoms with van der Waals surface area (Å²) < 4.78 is 129. The fourth-order valence-corrected chi connectivity index (χ4v) is 3.74. The number of alkyl halides is 6. The molecule has 3 rings (SSSR count). The number of rotatable bonds is 6. The summed E-state index contributed by atoms with van der Waals surface area (Å²) in [5.74, 6) is -4.33. The predicted molar refractivity (Wildman–Crippen MR) is 110 cm³/mol. The van der Waals surface area contributed by atoms with Crippen LogP contribution in [0.25, 0.3) is 0 Å². The zero-order valence-corrected chi connectivity index (χ0v) is 18.6. The lowest BCUT2D eigenvalue weighted by Gasteiger charge is -2.20. The average molecular weight is 538 g/mol. The first kappa shape index (κ1) is 26.7. The van der Waals surface area contributed by atoms with Gasteiger partial charge in [0.15, 0.2) is 17.2 Å². The summed E-state index contributed by atoms with van der Waals surface area (Å²) in [6.45, 7) is 0. The lowest BCUT2D eigenvalue weighted by Crippen LogP contribution is -2.25. The summed E-state index contributed by atoms with van der Waals surface area (Å²) in [6.07, 6.45) is -3.06. The SMILES string of the molecule is COc1cc(F)ccc1Oc1c(NC(=O)c2cccnc2)cc(C(F)(F)F)cc1S(=O)(=O)C(F)(F)F. The molecule has 0 bridgehead atoms. The Morgan fingerprint density at radius 1 is 1.00 bits per heavy atom. The van der Waals surface area contributed by atoms with Crippen LogP contribution < -0.4 is 14.8 Å². The highest BCUT2D eigenvalue weighted by Gasteiger charge is 2.50. The van der Waals surface area contributed by atoms with E-state index >= 15 is 0 Å². The van der Waals surface area contributed by atoms with E-state index < -0.39 is 66.6 Å². The van der Waals surface area contributed by atoms with Gasteiger partial charge in [-0.25, -0.2) is 12.8 Å². The molecule has 0 aliphatic carbocycles. The molecule has 0 radical (unpaired) electrons. The molecule has 1 aromatic heterocycles. The quantitative estimate of drug-likeness (QED) is 0.412. The molecule has 0 atom stereocenters. The van der Waals surface area contributed by atoms with Gasteiger partial charge in [0.2, 0.25) is 0 Å². The summed E-state index contributed by atoms with van der Waals surface area (Å²) >= 11 is 0. The van der Waals surface area contributed by atoms with Gasteiger partial charge in [0.1, 0.15) is 10.7 Å². The summed E-state index contributed by atoms with van der Waals surface area (Å²) in [6, 6.07) is 4.72. The number of amides is 1. The van der Waals surface area contributed by atoms with E-state index in [9.17, 15) is 43.9 Å². The minimum absolute atomic E-state index is 0.189. The van der Waals surface area contributed by atoms with Crippen LogP contribution in [0.15, 0.2) is 59.8 Å². The number of ether oxygens (including phenoxy) is 2. The third-order valence-corrected chi connectivity index (χ3v) is 5.98. The third kappa shape index (κ3) is 5.50. The Bertz CT molecular complexity index is 1390. The van der Waals surface area contributed by atoms with Crippen LogP contribution in [0.4, 0.5) is 36.4 Å². The standard InChI is InChI=1S/C21H13F7N2O5S/c1-34-16-9-13(22)4-5-15(16)35-18-14(30-19(31)11-3-2-6-29-10-11)7-12(20(23,24)25)8-17(18)36(32,33)21(26,27)28/h2-10H,1H3,(H,30,31). The molecule has 0 fully saturated rings. The van der Waals surface area contributed by atoms with Crippen molar-refractivity contribution >= 4 is 21.4 Å². The maximum absolute atomic E-state index is 13.6. The van der Waals surface area contributed by atoms with Crippen molar-refractivity contribution in [3.05, 3.63) is 71.8 Å².